The van der Waals surface area contributed by atoms with Crippen molar-refractivity contribution in [3.05, 3.63) is 101 Å². The van der Waals surface area contributed by atoms with Crippen LogP contribution in [0.3, 0.4) is 0 Å². The lowest BCUT2D eigenvalue weighted by molar-refractivity contribution is -0.137. The monoisotopic (exact) mass is 652 g/mol. The minimum atomic E-state index is -4.41. The van der Waals surface area contributed by atoms with Gasteiger partial charge >= 0.3 is 6.18 Å². The molecule has 2 N–H and O–H groups in total. The highest BCUT2D eigenvalue weighted by atomic mass is 32.1. The number of aromatic nitrogens is 1. The average molecular weight is 653 g/mol. The molecule has 12 heteroatoms. The number of halogens is 3. The molecule has 8 nitrogen and oxygen atoms in total. The molecule has 0 saturated heterocycles. The lowest BCUT2D eigenvalue weighted by Crippen LogP contribution is -2.49. The number of hydrogen-bond donors (Lipinski definition) is 2. The molecule has 2 heterocycles. The van der Waals surface area contributed by atoms with Crippen LogP contribution in [0.2, 0.25) is 0 Å². The largest absolute Gasteiger partial charge is 0.486 e. The SMILES string of the molecule is C[C@@H]1CN([C@H](C)CO)C(=O)c2cccc(NC(=O)c3ccc(-c4nccs4)cc3)c2O[C@@H]1CN(C)Cc1ccc(C(F)(F)F)cc1. The third kappa shape index (κ3) is 7.57. The van der Waals surface area contributed by atoms with Crippen molar-refractivity contribution in [1.82, 2.24) is 14.8 Å². The van der Waals surface area contributed by atoms with Crippen molar-refractivity contribution >= 4 is 28.8 Å². The Morgan fingerprint density at radius 3 is 2.50 bits per heavy atom. The topological polar surface area (TPSA) is 95.0 Å². The highest BCUT2D eigenvalue weighted by molar-refractivity contribution is 7.13. The average Bonchev–Trinajstić information content (AvgIpc) is 3.58. The Morgan fingerprint density at radius 1 is 1.15 bits per heavy atom. The van der Waals surface area contributed by atoms with Gasteiger partial charge in [0.1, 0.15) is 11.1 Å². The van der Waals surface area contributed by atoms with E-state index in [1.807, 2.05) is 36.4 Å². The number of nitrogens with one attached hydrogen (secondary N) is 1. The van der Waals surface area contributed by atoms with E-state index in [2.05, 4.69) is 10.3 Å². The molecule has 0 radical (unpaired) electrons. The van der Waals surface area contributed by atoms with Gasteiger partial charge in [0.05, 0.1) is 29.5 Å². The number of aliphatic hydroxyl groups is 1. The molecule has 3 atom stereocenters. The number of ether oxygens (including phenoxy) is 1. The minimum Gasteiger partial charge on any atom is -0.486 e. The first-order chi connectivity index (χ1) is 21.9. The highest BCUT2D eigenvalue weighted by Crippen LogP contribution is 2.36. The van der Waals surface area contributed by atoms with Gasteiger partial charge in [0.2, 0.25) is 0 Å². The highest BCUT2D eigenvalue weighted by Gasteiger charge is 2.35. The van der Waals surface area contributed by atoms with E-state index in [1.165, 1.54) is 23.5 Å². The zero-order valence-corrected chi connectivity index (χ0v) is 26.4. The quantitative estimate of drug-likeness (QED) is 0.216. The van der Waals surface area contributed by atoms with Crippen molar-refractivity contribution in [3.8, 4) is 16.3 Å². The van der Waals surface area contributed by atoms with Crippen LogP contribution >= 0.6 is 11.3 Å². The number of carbonyl (C=O) groups excluding carboxylic acids is 2. The second kappa shape index (κ2) is 14.0. The van der Waals surface area contributed by atoms with E-state index in [0.717, 1.165) is 22.7 Å². The summed E-state index contributed by atoms with van der Waals surface area (Å²) in [5.74, 6) is -0.705. The van der Waals surface area contributed by atoms with Gasteiger partial charge in [-0.25, -0.2) is 4.98 Å². The van der Waals surface area contributed by atoms with Gasteiger partial charge in [-0.2, -0.15) is 13.2 Å². The number of fused-ring (bicyclic) bond motifs is 1. The maximum absolute atomic E-state index is 13.8. The number of aliphatic hydroxyl groups excluding tert-OH is 1. The number of hydrogen-bond acceptors (Lipinski definition) is 7. The first kappa shape index (κ1) is 33.1. The summed E-state index contributed by atoms with van der Waals surface area (Å²) in [6.45, 7) is 4.51. The first-order valence-corrected chi connectivity index (χ1v) is 15.7. The van der Waals surface area contributed by atoms with Gasteiger partial charge < -0.3 is 20.1 Å². The van der Waals surface area contributed by atoms with Crippen molar-refractivity contribution in [1.29, 1.82) is 0 Å². The number of benzene rings is 3. The molecule has 5 rings (SSSR count). The third-order valence-electron chi connectivity index (χ3n) is 7.99. The molecule has 0 spiro atoms. The zero-order chi connectivity index (χ0) is 33.0. The molecule has 0 bridgehead atoms. The standard InChI is InChI=1S/C34H35F3N4O4S/c1-21-17-41(22(2)20-42)33(44)27-5-4-6-28(39-31(43)24-9-11-25(12-10-24)32-38-15-16-46-32)30(27)45-29(21)19-40(3)18-23-7-13-26(14-8-23)34(35,36)37/h4-16,21-22,29,42H,17-20H2,1-3H3,(H,39,43)/t21-,22-,29-/m1/s1. The fourth-order valence-electron chi connectivity index (χ4n) is 5.37. The van der Waals surface area contributed by atoms with Gasteiger partial charge in [0.25, 0.3) is 11.8 Å². The van der Waals surface area contributed by atoms with Gasteiger partial charge in [0, 0.05) is 48.3 Å². The van der Waals surface area contributed by atoms with Gasteiger partial charge in [-0.1, -0.05) is 37.3 Å². The Balaban J connectivity index is 1.40. The molecule has 0 saturated carbocycles. The molecule has 0 fully saturated rings. The van der Waals surface area contributed by atoms with Gasteiger partial charge in [-0.15, -0.1) is 11.3 Å². The van der Waals surface area contributed by atoms with E-state index in [9.17, 15) is 27.9 Å². The fourth-order valence-corrected chi connectivity index (χ4v) is 6.01. The maximum atomic E-state index is 13.8. The minimum absolute atomic E-state index is 0.205. The number of anilines is 1. The summed E-state index contributed by atoms with van der Waals surface area (Å²) in [5, 5.41) is 15.6. The van der Waals surface area contributed by atoms with Gasteiger partial charge in [-0.3, -0.25) is 14.5 Å². The number of thiazole rings is 1. The maximum Gasteiger partial charge on any atom is 0.416 e. The van der Waals surface area contributed by atoms with Crippen LogP contribution in [-0.2, 0) is 12.7 Å². The lowest BCUT2D eigenvalue weighted by atomic mass is 9.98. The Kier molecular flexibility index (Phi) is 10.1. The summed E-state index contributed by atoms with van der Waals surface area (Å²) in [6.07, 6.45) is -3.17. The number of nitrogens with zero attached hydrogens (tertiary/aromatic N) is 3. The molecular weight excluding hydrogens is 617 g/mol. The third-order valence-corrected chi connectivity index (χ3v) is 8.81. The Labute approximate surface area is 269 Å². The van der Waals surface area contributed by atoms with Crippen molar-refractivity contribution in [2.75, 3.05) is 32.1 Å². The van der Waals surface area contributed by atoms with Gasteiger partial charge in [0.15, 0.2) is 5.75 Å². The molecular formula is C34H35F3N4O4S. The Hall–Kier alpha value is -4.26. The normalized spacial score (nSPS) is 17.6. The predicted octanol–water partition coefficient (Wildman–Crippen LogP) is 6.43. The predicted molar refractivity (Wildman–Crippen MR) is 171 cm³/mol. The van der Waals surface area contributed by atoms with E-state index in [1.54, 1.807) is 48.4 Å². The van der Waals surface area contributed by atoms with Crippen LogP contribution < -0.4 is 10.1 Å². The fraction of sp³-hybridized carbons (Fsp3) is 0.324. The van der Waals surface area contributed by atoms with E-state index >= 15 is 0 Å². The van der Waals surface area contributed by atoms with Crippen LogP contribution in [0.1, 0.15) is 45.7 Å². The van der Waals surface area contributed by atoms with E-state index in [0.29, 0.717) is 36.4 Å². The van der Waals surface area contributed by atoms with Crippen molar-refractivity contribution in [3.63, 3.8) is 0 Å². The first-order valence-electron chi connectivity index (χ1n) is 14.8. The number of carbonyl (C=O) groups is 2. The number of para-hydroxylation sites is 1. The molecule has 4 aromatic rings. The second-order valence-electron chi connectivity index (χ2n) is 11.6. The summed E-state index contributed by atoms with van der Waals surface area (Å²) < 4.78 is 45.7. The molecule has 242 valence electrons. The van der Waals surface area contributed by atoms with E-state index in [4.69, 9.17) is 4.74 Å². The van der Waals surface area contributed by atoms with Crippen LogP contribution in [0.25, 0.3) is 10.6 Å². The summed E-state index contributed by atoms with van der Waals surface area (Å²) in [6, 6.07) is 16.6. The number of amides is 2. The van der Waals surface area contributed by atoms with Crippen LogP contribution in [0.5, 0.6) is 5.75 Å². The molecule has 3 aromatic carbocycles. The van der Waals surface area contributed by atoms with Crippen molar-refractivity contribution < 1.29 is 32.6 Å². The number of rotatable bonds is 9. The molecule has 0 aliphatic carbocycles. The second-order valence-corrected chi connectivity index (χ2v) is 12.5. The Bertz CT molecular complexity index is 1650. The van der Waals surface area contributed by atoms with E-state index < -0.39 is 23.9 Å². The smallest absolute Gasteiger partial charge is 0.416 e. The molecule has 46 heavy (non-hydrogen) atoms. The molecule has 1 aliphatic heterocycles. The number of likely N-dealkylation sites (N-methyl/N-ethyl adjacent to an activating group) is 1. The molecule has 1 aromatic heterocycles. The molecule has 2 amide bonds. The van der Waals surface area contributed by atoms with Crippen molar-refractivity contribution in [2.24, 2.45) is 5.92 Å². The summed E-state index contributed by atoms with van der Waals surface area (Å²) >= 11 is 1.50. The summed E-state index contributed by atoms with van der Waals surface area (Å²) in [7, 11) is 1.84. The lowest BCUT2D eigenvalue weighted by Gasteiger charge is -2.38. The summed E-state index contributed by atoms with van der Waals surface area (Å²) in [5.41, 5.74) is 1.86. The zero-order valence-electron chi connectivity index (χ0n) is 25.6. The van der Waals surface area contributed by atoms with Crippen molar-refractivity contribution in [2.45, 2.75) is 38.7 Å². The van der Waals surface area contributed by atoms with Crippen LogP contribution in [0.4, 0.5) is 18.9 Å². The Morgan fingerprint density at radius 2 is 1.87 bits per heavy atom. The molecule has 0 unspecified atom stereocenters. The number of alkyl halides is 3. The molecule has 1 aliphatic rings. The summed E-state index contributed by atoms with van der Waals surface area (Å²) in [4.78, 5) is 35.0. The van der Waals surface area contributed by atoms with Crippen LogP contribution in [0.15, 0.2) is 78.3 Å². The van der Waals surface area contributed by atoms with Crippen LogP contribution in [0, 0.1) is 5.92 Å². The van der Waals surface area contributed by atoms with Gasteiger partial charge in [-0.05, 0) is 55.9 Å². The van der Waals surface area contributed by atoms with Crippen LogP contribution in [-0.4, -0.2) is 70.6 Å². The van der Waals surface area contributed by atoms with E-state index in [-0.39, 0.29) is 35.7 Å².